The number of ether oxygens (including phenoxy) is 3. The lowest BCUT2D eigenvalue weighted by Gasteiger charge is -2.22. The number of nitrogens with zero attached hydrogens (tertiary/aromatic N) is 4. The van der Waals surface area contributed by atoms with Crippen molar-refractivity contribution in [2.24, 2.45) is 0 Å². The van der Waals surface area contributed by atoms with E-state index in [1.807, 2.05) is 25.7 Å². The average Bonchev–Trinajstić information content (AvgIpc) is 3.42. The zero-order valence-electron chi connectivity index (χ0n) is 15.1. The zero-order chi connectivity index (χ0) is 19.5. The second-order valence-electron chi connectivity index (χ2n) is 6.50. The van der Waals surface area contributed by atoms with Crippen LogP contribution in [-0.4, -0.2) is 74.5 Å². The molecular weight excluding hydrogens is 366 g/mol. The fraction of sp³-hybridized carbons (Fsp3) is 0.444. The summed E-state index contributed by atoms with van der Waals surface area (Å²) in [5, 5.41) is 20.0. The van der Waals surface area contributed by atoms with E-state index in [9.17, 15) is 10.2 Å². The standard InChI is InChI=1S/C18H22N5O5/c19-16-13-17(21-9-20-16)23(10-22-13)18-15(14(25)12(7-24)28-18)27-6-5-26-8-11-3-1-2-4-11/h1-4,9-10,12,14-15,18,24-25H,5-8H2,(H2,19,20,21). The van der Waals surface area contributed by atoms with Gasteiger partial charge in [0.15, 0.2) is 17.7 Å². The molecule has 2 aromatic heterocycles. The van der Waals surface area contributed by atoms with E-state index < -0.39 is 24.5 Å². The van der Waals surface area contributed by atoms with E-state index in [0.717, 1.165) is 5.92 Å². The van der Waals surface area contributed by atoms with Crippen molar-refractivity contribution in [1.82, 2.24) is 19.5 Å². The maximum Gasteiger partial charge on any atom is 0.167 e. The summed E-state index contributed by atoms with van der Waals surface area (Å²) in [6, 6.07) is 0. The normalized spacial score (nSPS) is 28.5. The van der Waals surface area contributed by atoms with Gasteiger partial charge < -0.3 is 30.2 Å². The highest BCUT2D eigenvalue weighted by atomic mass is 16.6. The SMILES string of the molecule is Nc1ncnc2c1ncn2C1OC(CO)C(O)C1OCCOC[C]1[CH][CH][CH][CH]1. The van der Waals surface area contributed by atoms with Gasteiger partial charge >= 0.3 is 0 Å². The Morgan fingerprint density at radius 3 is 2.79 bits per heavy atom. The molecule has 1 aliphatic carbocycles. The van der Waals surface area contributed by atoms with Gasteiger partial charge in [0, 0.05) is 5.92 Å². The van der Waals surface area contributed by atoms with Crippen molar-refractivity contribution in [2.45, 2.75) is 24.5 Å². The number of hydrogen-bond acceptors (Lipinski definition) is 9. The Hall–Kier alpha value is -1.85. The first-order valence-corrected chi connectivity index (χ1v) is 8.96. The van der Waals surface area contributed by atoms with Gasteiger partial charge in [-0.3, -0.25) is 4.57 Å². The Balaban J connectivity index is 1.41. The summed E-state index contributed by atoms with van der Waals surface area (Å²) in [7, 11) is 0. The molecular formula is C18H22N5O5. The first kappa shape index (κ1) is 19.5. The second-order valence-corrected chi connectivity index (χ2v) is 6.50. The van der Waals surface area contributed by atoms with E-state index in [1.165, 1.54) is 12.7 Å². The first-order valence-electron chi connectivity index (χ1n) is 8.96. The molecule has 0 spiro atoms. The lowest BCUT2D eigenvalue weighted by molar-refractivity contribution is -0.0805. The average molecular weight is 388 g/mol. The molecule has 2 aliphatic rings. The molecule has 1 saturated carbocycles. The number of nitrogen functional groups attached to an aromatic ring is 1. The minimum absolute atomic E-state index is 0.249. The maximum absolute atomic E-state index is 10.5. The molecule has 0 aromatic carbocycles. The molecule has 2 fully saturated rings. The first-order chi connectivity index (χ1) is 13.7. The van der Waals surface area contributed by atoms with Crippen molar-refractivity contribution >= 4 is 17.0 Å². The molecule has 2 aromatic rings. The molecule has 1 saturated heterocycles. The van der Waals surface area contributed by atoms with Crippen molar-refractivity contribution in [2.75, 3.05) is 32.2 Å². The third kappa shape index (κ3) is 3.83. The minimum atomic E-state index is -1.01. The van der Waals surface area contributed by atoms with Crippen LogP contribution in [-0.2, 0) is 14.2 Å². The zero-order valence-corrected chi connectivity index (χ0v) is 15.1. The van der Waals surface area contributed by atoms with E-state index in [1.54, 1.807) is 4.57 Å². The minimum Gasteiger partial charge on any atom is -0.394 e. The molecule has 1 aliphatic heterocycles. The molecule has 4 rings (SSSR count). The Bertz CT molecular complexity index is 781. The number of rotatable bonds is 8. The summed E-state index contributed by atoms with van der Waals surface area (Å²) in [6.07, 6.45) is 7.46. The van der Waals surface area contributed by atoms with Crippen molar-refractivity contribution in [3.05, 3.63) is 44.3 Å². The van der Waals surface area contributed by atoms with E-state index in [0.29, 0.717) is 24.4 Å². The maximum atomic E-state index is 10.5. The van der Waals surface area contributed by atoms with Crippen LogP contribution in [0.4, 0.5) is 5.82 Å². The van der Waals surface area contributed by atoms with Crippen LogP contribution in [0.1, 0.15) is 6.23 Å². The van der Waals surface area contributed by atoms with Gasteiger partial charge in [-0.15, -0.1) is 0 Å². The van der Waals surface area contributed by atoms with Crippen molar-refractivity contribution < 1.29 is 24.4 Å². The number of fused-ring (bicyclic) bond motifs is 1. The van der Waals surface area contributed by atoms with Crippen LogP contribution < -0.4 is 5.73 Å². The summed E-state index contributed by atoms with van der Waals surface area (Å²) in [6.45, 7) is 0.759. The van der Waals surface area contributed by atoms with E-state index >= 15 is 0 Å². The van der Waals surface area contributed by atoms with E-state index in [4.69, 9.17) is 19.9 Å². The molecule has 3 heterocycles. The summed E-state index contributed by atoms with van der Waals surface area (Å²) in [5.41, 5.74) is 6.73. The highest BCUT2D eigenvalue weighted by molar-refractivity contribution is 5.81. The largest absolute Gasteiger partial charge is 0.394 e. The Labute approximate surface area is 162 Å². The van der Waals surface area contributed by atoms with Crippen molar-refractivity contribution in [3.8, 4) is 0 Å². The van der Waals surface area contributed by atoms with Gasteiger partial charge in [0.25, 0.3) is 0 Å². The summed E-state index contributed by atoms with van der Waals surface area (Å²) in [4.78, 5) is 12.3. The number of aliphatic hydroxyl groups excluding tert-OH is 2. The van der Waals surface area contributed by atoms with E-state index in [2.05, 4.69) is 15.0 Å². The third-order valence-electron chi connectivity index (χ3n) is 4.69. The Kier molecular flexibility index (Phi) is 6.02. The van der Waals surface area contributed by atoms with E-state index in [-0.39, 0.29) is 19.0 Å². The summed E-state index contributed by atoms with van der Waals surface area (Å²) in [5.74, 6) is 1.34. The molecule has 0 bridgehead atoms. The van der Waals surface area contributed by atoms with Crippen LogP contribution in [0.2, 0.25) is 0 Å². The quantitative estimate of drug-likeness (QED) is 0.509. The predicted octanol–water partition coefficient (Wildman–Crippen LogP) is -0.534. The van der Waals surface area contributed by atoms with Crippen molar-refractivity contribution in [1.29, 1.82) is 0 Å². The third-order valence-corrected chi connectivity index (χ3v) is 4.69. The molecule has 4 unspecified atom stereocenters. The van der Waals surface area contributed by atoms with Crippen molar-refractivity contribution in [3.63, 3.8) is 0 Å². The number of anilines is 1. The molecule has 4 atom stereocenters. The van der Waals surface area contributed by atoms with Gasteiger partial charge in [-0.05, 0) is 25.7 Å². The number of imidazole rings is 1. The molecule has 5 radical (unpaired) electrons. The number of hydrogen-bond donors (Lipinski definition) is 3. The van der Waals surface area contributed by atoms with Gasteiger partial charge in [-0.1, -0.05) is 0 Å². The van der Waals surface area contributed by atoms with Crippen LogP contribution >= 0.6 is 0 Å². The fourth-order valence-electron chi connectivity index (χ4n) is 3.27. The highest BCUT2D eigenvalue weighted by Gasteiger charge is 2.45. The number of nitrogens with two attached hydrogens (primary N) is 1. The summed E-state index contributed by atoms with van der Waals surface area (Å²) < 4.78 is 18.9. The highest BCUT2D eigenvalue weighted by Crippen LogP contribution is 2.33. The molecule has 28 heavy (non-hydrogen) atoms. The molecule has 149 valence electrons. The van der Waals surface area contributed by atoms with Gasteiger partial charge in [-0.25, -0.2) is 15.0 Å². The Morgan fingerprint density at radius 1 is 1.18 bits per heavy atom. The van der Waals surface area contributed by atoms with Gasteiger partial charge in [0.05, 0.1) is 32.8 Å². The Morgan fingerprint density at radius 2 is 2.00 bits per heavy atom. The second kappa shape index (κ2) is 8.66. The molecule has 10 nitrogen and oxygen atoms in total. The molecule has 4 N–H and O–H groups in total. The predicted molar refractivity (Wildman–Crippen MR) is 97.7 cm³/mol. The number of aliphatic hydroxyl groups is 2. The van der Waals surface area contributed by atoms with Gasteiger partial charge in [0.2, 0.25) is 0 Å². The monoisotopic (exact) mass is 388 g/mol. The topological polar surface area (TPSA) is 138 Å². The van der Waals surface area contributed by atoms with Gasteiger partial charge in [-0.2, -0.15) is 0 Å². The molecule has 10 heteroatoms. The lowest BCUT2D eigenvalue weighted by atomic mass is 10.1. The summed E-state index contributed by atoms with van der Waals surface area (Å²) >= 11 is 0. The van der Waals surface area contributed by atoms with Gasteiger partial charge in [0.1, 0.15) is 30.2 Å². The van der Waals surface area contributed by atoms with Crippen LogP contribution in [0.5, 0.6) is 0 Å². The molecule has 0 amide bonds. The van der Waals surface area contributed by atoms with Crippen LogP contribution in [0, 0.1) is 31.6 Å². The van der Waals surface area contributed by atoms with Crippen LogP contribution in [0.25, 0.3) is 11.2 Å². The van der Waals surface area contributed by atoms with Crippen LogP contribution in [0.15, 0.2) is 12.7 Å². The van der Waals surface area contributed by atoms with Crippen LogP contribution in [0.3, 0.4) is 0 Å². The number of aromatic nitrogens is 4. The lowest BCUT2D eigenvalue weighted by Crippen LogP contribution is -2.36. The smallest absolute Gasteiger partial charge is 0.167 e. The fourth-order valence-corrected chi connectivity index (χ4v) is 3.27.